The van der Waals surface area contributed by atoms with Crippen LogP contribution in [-0.4, -0.2) is 348 Å². The molecule has 0 saturated carbocycles. The van der Waals surface area contributed by atoms with Crippen LogP contribution in [0, 0.1) is 11.3 Å². The zero-order valence-electron chi connectivity index (χ0n) is 86.8. The Morgan fingerprint density at radius 2 is 0.833 bits per heavy atom. The number of aliphatic hydroxyl groups is 1. The van der Waals surface area contributed by atoms with Gasteiger partial charge in [-0.1, -0.05) is 92.7 Å². The number of aliphatic carboxylic acids is 3. The van der Waals surface area contributed by atoms with E-state index in [9.17, 15) is 97.1 Å². The Hall–Kier alpha value is -15.6. The Morgan fingerprint density at radius 1 is 0.427 bits per heavy atom. The molecule has 0 spiro atoms. The van der Waals surface area contributed by atoms with Crippen molar-refractivity contribution in [2.45, 2.75) is 269 Å². The molecule has 824 valence electrons. The van der Waals surface area contributed by atoms with Crippen LogP contribution in [0.4, 0.5) is 14.4 Å². The van der Waals surface area contributed by atoms with Crippen molar-refractivity contribution in [2.75, 3.05) is 78.5 Å². The number of hydrogen-bond donors (Lipinski definition) is 23. The average molecular weight is 2100 g/mol. The normalized spacial score (nSPS) is 15.1. The third-order valence-corrected chi connectivity index (χ3v) is 22.9. The molecule has 1 fully saturated rings. The summed E-state index contributed by atoms with van der Waals surface area (Å²) >= 11 is 0. The van der Waals surface area contributed by atoms with Gasteiger partial charge in [-0.2, -0.15) is 0 Å². The third kappa shape index (κ3) is 45.8. The number of primary amides is 1. The number of H-pyrrole nitrogens is 2. The number of carboxylic acid groups (broad SMARTS) is 3. The number of imidazole rings is 1. The van der Waals surface area contributed by atoms with Gasteiger partial charge in [0.25, 0.3) is 0 Å². The van der Waals surface area contributed by atoms with Gasteiger partial charge in [0.15, 0.2) is 5.96 Å². The van der Waals surface area contributed by atoms with E-state index in [1.165, 1.54) is 40.3 Å². The molecule has 51 heteroatoms. The van der Waals surface area contributed by atoms with E-state index in [-0.39, 0.29) is 141 Å². The van der Waals surface area contributed by atoms with Gasteiger partial charge in [0.2, 0.25) is 82.7 Å². The first-order valence-corrected chi connectivity index (χ1v) is 49.3. The Bertz CT molecular complexity index is 5390. The van der Waals surface area contributed by atoms with E-state index >= 15 is 19.2 Å². The molecule has 1 saturated heterocycles. The van der Waals surface area contributed by atoms with Crippen LogP contribution in [0.15, 0.2) is 104 Å². The zero-order valence-corrected chi connectivity index (χ0v) is 86.8. The first kappa shape index (κ1) is 123. The van der Waals surface area contributed by atoms with Crippen LogP contribution < -0.4 is 85.9 Å². The van der Waals surface area contributed by atoms with Crippen molar-refractivity contribution in [1.82, 2.24) is 109 Å². The number of aromatic nitrogens is 3. The largest absolute Gasteiger partial charge is 0.481 e. The smallest absolute Gasteiger partial charge is 0.410 e. The molecular weight excluding hydrogens is 1960 g/mol. The van der Waals surface area contributed by atoms with Crippen molar-refractivity contribution in [2.24, 2.45) is 17.4 Å². The molecule has 51 nitrogen and oxygen atoms in total. The molecule has 0 aliphatic carbocycles. The van der Waals surface area contributed by atoms with E-state index in [1.54, 1.807) is 166 Å². The maximum atomic E-state index is 15.8. The van der Waals surface area contributed by atoms with E-state index in [1.807, 2.05) is 0 Å². The van der Waals surface area contributed by atoms with Crippen LogP contribution in [0.2, 0.25) is 0 Å². The number of carbonyl (C=O) groups excluding carboxylic acids is 17. The molecule has 1 aliphatic heterocycles. The Morgan fingerprint density at radius 3 is 1.28 bits per heavy atom. The predicted octanol–water partition coefficient (Wildman–Crippen LogP) is -1.07. The molecule has 0 bridgehead atoms. The lowest BCUT2D eigenvalue weighted by atomic mass is 9.99. The van der Waals surface area contributed by atoms with Crippen molar-refractivity contribution in [3.63, 3.8) is 0 Å². The van der Waals surface area contributed by atoms with E-state index in [2.05, 4.69) is 89.4 Å². The summed E-state index contributed by atoms with van der Waals surface area (Å²) in [5.41, 5.74) is 10.2. The van der Waals surface area contributed by atoms with Gasteiger partial charge >= 0.3 is 36.2 Å². The molecule has 0 unspecified atom stereocenters. The maximum absolute atomic E-state index is 15.8. The Kier molecular flexibility index (Phi) is 49.2. The molecular formula is C99H146N24O27. The number of aromatic amines is 2. The number of benzene rings is 3. The first-order valence-electron chi connectivity index (χ1n) is 49.3. The monoisotopic (exact) mass is 2100 g/mol. The highest BCUT2D eigenvalue weighted by molar-refractivity contribution is 6.01. The number of amides is 17. The van der Waals surface area contributed by atoms with Crippen LogP contribution in [-0.2, 0) is 121 Å². The lowest BCUT2D eigenvalue weighted by molar-refractivity contribution is -0.143. The van der Waals surface area contributed by atoms with Crippen LogP contribution in [0.5, 0.6) is 0 Å². The van der Waals surface area contributed by atoms with Crippen LogP contribution >= 0.6 is 0 Å². The molecule has 0 radical (unpaired) electrons. The van der Waals surface area contributed by atoms with Gasteiger partial charge in [-0.3, -0.25) is 91.8 Å². The highest BCUT2D eigenvalue weighted by Gasteiger charge is 2.41. The van der Waals surface area contributed by atoms with Gasteiger partial charge in [-0.05, 0) is 143 Å². The van der Waals surface area contributed by atoms with E-state index in [0.29, 0.717) is 27.6 Å². The van der Waals surface area contributed by atoms with Gasteiger partial charge in [0.05, 0.1) is 44.1 Å². The second-order valence-electron chi connectivity index (χ2n) is 39.7. The third-order valence-electron chi connectivity index (χ3n) is 22.9. The lowest BCUT2D eigenvalue weighted by Crippen LogP contribution is -2.61. The summed E-state index contributed by atoms with van der Waals surface area (Å²) in [5, 5.41) is 83.8. The topological polar surface area (TPSA) is 752 Å². The summed E-state index contributed by atoms with van der Waals surface area (Å²) in [6.45, 7) is 19.0. The number of carbonyl (C=O) groups is 20. The Labute approximate surface area is 868 Å². The second-order valence-corrected chi connectivity index (χ2v) is 39.7. The van der Waals surface area contributed by atoms with Crippen molar-refractivity contribution in [1.29, 1.82) is 5.41 Å². The number of hydrogen-bond acceptors (Lipinski definition) is 27. The molecule has 1 aliphatic rings. The van der Waals surface area contributed by atoms with Gasteiger partial charge in [-0.25, -0.2) is 19.4 Å². The fourth-order valence-corrected chi connectivity index (χ4v) is 15.5. The van der Waals surface area contributed by atoms with Crippen LogP contribution in [0.25, 0.3) is 10.9 Å². The molecule has 3 heterocycles. The van der Waals surface area contributed by atoms with Crippen molar-refractivity contribution in [3.8, 4) is 0 Å². The summed E-state index contributed by atoms with van der Waals surface area (Å²) in [4.78, 5) is 296. The number of fused-ring (bicyclic) bond motifs is 1. The van der Waals surface area contributed by atoms with Crippen molar-refractivity contribution >= 4 is 136 Å². The van der Waals surface area contributed by atoms with Crippen LogP contribution in [0.3, 0.4) is 0 Å². The lowest BCUT2D eigenvalue weighted by Gasteiger charge is -2.35. The molecule has 12 atom stereocenters. The fraction of sp³-hybridized carbons (Fsp3) is 0.556. The summed E-state index contributed by atoms with van der Waals surface area (Å²) in [7, 11) is 0. The van der Waals surface area contributed by atoms with E-state index in [4.69, 9.17) is 31.1 Å². The standard InChI is InChI=1S/C99H146N24O27/c1-57(2)45-69(114-90(142)74(50-79(130)131)118-91(143)75(51-80(132)133)117-87(139)71(47-61-27-18-15-19-28-61)119-92(144)81(58(3)124)109-59(4)125)85(137)115-70(46-60-25-16-14-17-26-60)86(138)116-72(48-62-52-106-65-30-21-20-29-64(62)65)88(140)112-67(84(136)113-68(33-34-78(128)129)83(135)107-54-76(126)110-73(49-63-53-103-56-108-63)89(141)111-66(82(100)134)32-24-36-105-93(101)102)31-22-23-35-104-77(127)55-120-37-39-121(94(145)148-97(5,6)7)41-43-123(96(147)150-99(11,12)13)44-42-122(40-38-120)95(146)149-98(8,9)10/h14-21,25-30,52-53,56-58,66-75,81,106,124H,22-24,31-51,54-55H2,1-13H3,(H2,100,134)(H,103,108)(H,104,127)(H,107,135)(H,109,125)(H,110,126)(H,111,141)(H,112,140)(H,113,136)(H,114,142)(H,115,137)(H,116,138)(H,117,139)(H,118,143)(H,119,144)(H,128,129)(H,130,131)(H,132,133)(H4,101,102,105)/t58-,66+,67+,68+,69+,70+,71+,72+,73+,74+,75+,81+/m1/s1. The summed E-state index contributed by atoms with van der Waals surface area (Å²) in [6, 6.07) is 3.57. The number of nitrogens with zero attached hydrogens (tertiary/aromatic N) is 5. The summed E-state index contributed by atoms with van der Waals surface area (Å²) in [5.74, 6) is -20.7. The number of nitrogens with one attached hydrogen (secondary N) is 17. The highest BCUT2D eigenvalue weighted by atomic mass is 16.6. The summed E-state index contributed by atoms with van der Waals surface area (Å²) in [6.07, 6.45) is -5.32. The quantitative estimate of drug-likeness (QED) is 0.00954. The molecule has 17 amide bonds. The van der Waals surface area contributed by atoms with E-state index < -0.39 is 253 Å². The predicted molar refractivity (Wildman–Crippen MR) is 542 cm³/mol. The van der Waals surface area contributed by atoms with E-state index in [0.717, 1.165) is 6.92 Å². The molecule has 25 N–H and O–H groups in total. The number of rotatable bonds is 53. The highest BCUT2D eigenvalue weighted by Crippen LogP contribution is 2.23. The number of guanidine groups is 1. The Balaban J connectivity index is 1.36. The molecule has 6 rings (SSSR count). The first-order chi connectivity index (χ1) is 70.5. The number of aliphatic hydroxyl groups excluding tert-OH is 1. The van der Waals surface area contributed by atoms with Crippen molar-refractivity contribution < 1.29 is 131 Å². The number of unbranched alkanes of at least 4 members (excludes halogenated alkanes) is 1. The minimum Gasteiger partial charge on any atom is -0.481 e. The molecule has 2 aromatic heterocycles. The number of nitrogens with two attached hydrogens (primary N) is 2. The minimum atomic E-state index is -2.17. The zero-order chi connectivity index (χ0) is 111. The van der Waals surface area contributed by atoms with Crippen LogP contribution in [0.1, 0.15) is 177 Å². The number of carboxylic acids is 3. The molecule has 150 heavy (non-hydrogen) atoms. The van der Waals surface area contributed by atoms with Gasteiger partial charge < -0.3 is 145 Å². The van der Waals surface area contributed by atoms with Gasteiger partial charge in [0, 0.05) is 128 Å². The number of para-hydroxylation sites is 1. The molecule has 5 aromatic rings. The van der Waals surface area contributed by atoms with Gasteiger partial charge in [0.1, 0.15) is 83.3 Å². The summed E-state index contributed by atoms with van der Waals surface area (Å²) < 4.78 is 17.3. The minimum absolute atomic E-state index is 0.0102. The fourth-order valence-electron chi connectivity index (χ4n) is 15.5. The van der Waals surface area contributed by atoms with Gasteiger partial charge in [-0.15, -0.1) is 0 Å². The number of ether oxygens (including phenoxy) is 3. The van der Waals surface area contributed by atoms with Crippen molar-refractivity contribution in [3.05, 3.63) is 126 Å². The maximum Gasteiger partial charge on any atom is 0.410 e. The second kappa shape index (κ2) is 60.0. The molecule has 3 aromatic carbocycles. The average Bonchev–Trinajstić information content (AvgIpc) is 1.69. The SMILES string of the molecule is CC(=O)N[C@H](C(=O)N[C@@H](Cc1ccccc1)C(=O)N[C@@H](CC(=O)O)C(=O)N[C@@H](CC(=O)O)C(=O)N[C@@H](CC(C)C)C(=O)N[C@@H](Cc1ccccc1)C(=O)N[C@@H](Cc1c[nH]c2ccccc12)C(=O)N[C@@H](CCCCNC(=O)CN1CCN(C(=O)OC(C)(C)C)CCN(C(=O)OC(C)(C)C)CCN(C(=O)OC(C)(C)C)CC1)C(=O)N[C@@H](CCC(=O)O)C(=O)NCC(=O)N[C@@H](Cc1c[nH]cn1)C(=O)N[C@@H](CCCNC(=N)N)C(N)=O)[C@@H](C)O.